The number of amides is 2. The third-order valence-corrected chi connectivity index (χ3v) is 6.86. The molecule has 1 aliphatic heterocycles. The van der Waals surface area contributed by atoms with E-state index < -0.39 is 0 Å². The van der Waals surface area contributed by atoms with Crippen LogP contribution >= 0.6 is 23.1 Å². The number of para-hydroxylation sites is 1. The minimum Gasteiger partial charge on any atom is -0.378 e. The molecule has 0 bridgehead atoms. The van der Waals surface area contributed by atoms with Crippen molar-refractivity contribution in [2.45, 2.75) is 10.9 Å². The van der Waals surface area contributed by atoms with Gasteiger partial charge in [0.05, 0.1) is 30.2 Å². The summed E-state index contributed by atoms with van der Waals surface area (Å²) in [6, 6.07) is 16.7. The monoisotopic (exact) mass is 469 g/mol. The lowest BCUT2D eigenvalue weighted by atomic mass is 10.1. The van der Waals surface area contributed by atoms with Crippen molar-refractivity contribution < 1.29 is 14.3 Å². The predicted molar refractivity (Wildman–Crippen MR) is 126 cm³/mol. The van der Waals surface area contributed by atoms with E-state index in [0.717, 1.165) is 28.1 Å². The molecule has 2 aromatic carbocycles. The molecule has 2 amide bonds. The maximum absolute atomic E-state index is 12.7. The first-order valence-corrected chi connectivity index (χ1v) is 12.0. The van der Waals surface area contributed by atoms with E-state index in [0.29, 0.717) is 31.0 Å². The summed E-state index contributed by atoms with van der Waals surface area (Å²) in [6.45, 7) is 3.37. The molecular weight excluding hydrogens is 446 g/mol. The van der Waals surface area contributed by atoms with Gasteiger partial charge in [0.1, 0.15) is 0 Å². The highest BCUT2D eigenvalue weighted by molar-refractivity contribution is 8.01. The SMILES string of the molecule is O=C(CSc1nnc(N2CCOCC2)s1)Nc1ccccc1C(=O)NCc1ccccc1. The number of aromatic nitrogens is 2. The number of rotatable bonds is 8. The molecule has 2 heterocycles. The minimum absolute atomic E-state index is 0.178. The molecule has 1 fully saturated rings. The summed E-state index contributed by atoms with van der Waals surface area (Å²) < 4.78 is 6.09. The molecular formula is C22H23N5O3S2. The van der Waals surface area contributed by atoms with Crippen molar-refractivity contribution in [3.8, 4) is 0 Å². The first-order valence-electron chi connectivity index (χ1n) is 10.2. The van der Waals surface area contributed by atoms with Crippen molar-refractivity contribution in [1.29, 1.82) is 0 Å². The zero-order chi connectivity index (χ0) is 22.2. The van der Waals surface area contributed by atoms with Crippen molar-refractivity contribution in [3.05, 3.63) is 65.7 Å². The second-order valence-electron chi connectivity index (χ2n) is 7.00. The lowest BCUT2D eigenvalue weighted by Crippen LogP contribution is -2.36. The zero-order valence-corrected chi connectivity index (χ0v) is 19.0. The molecule has 3 aromatic rings. The molecule has 0 spiro atoms. The van der Waals surface area contributed by atoms with Crippen LogP contribution in [0.4, 0.5) is 10.8 Å². The molecule has 0 atom stereocenters. The van der Waals surface area contributed by atoms with E-state index in [-0.39, 0.29) is 17.6 Å². The summed E-state index contributed by atoms with van der Waals surface area (Å²) in [4.78, 5) is 27.3. The van der Waals surface area contributed by atoms with Gasteiger partial charge in [0.2, 0.25) is 11.0 Å². The van der Waals surface area contributed by atoms with E-state index in [9.17, 15) is 9.59 Å². The molecule has 1 saturated heterocycles. The zero-order valence-electron chi connectivity index (χ0n) is 17.3. The summed E-state index contributed by atoms with van der Waals surface area (Å²) in [5.41, 5.74) is 1.91. The highest BCUT2D eigenvalue weighted by Crippen LogP contribution is 2.28. The molecule has 166 valence electrons. The number of nitrogens with one attached hydrogen (secondary N) is 2. The van der Waals surface area contributed by atoms with E-state index in [4.69, 9.17) is 4.74 Å². The van der Waals surface area contributed by atoms with Gasteiger partial charge in [-0.2, -0.15) is 0 Å². The largest absolute Gasteiger partial charge is 0.378 e. The summed E-state index contributed by atoms with van der Waals surface area (Å²) in [5.74, 6) is -0.268. The Kier molecular flexibility index (Phi) is 7.70. The summed E-state index contributed by atoms with van der Waals surface area (Å²) in [5, 5.41) is 15.0. The van der Waals surface area contributed by atoms with Gasteiger partial charge in [-0.15, -0.1) is 10.2 Å². The van der Waals surface area contributed by atoms with Crippen LogP contribution in [0.2, 0.25) is 0 Å². The van der Waals surface area contributed by atoms with Crippen molar-refractivity contribution in [2.24, 2.45) is 0 Å². The average molecular weight is 470 g/mol. The second kappa shape index (κ2) is 11.1. The number of hydrogen-bond donors (Lipinski definition) is 2. The molecule has 1 aromatic heterocycles. The average Bonchev–Trinajstić information content (AvgIpc) is 3.32. The van der Waals surface area contributed by atoms with Gasteiger partial charge < -0.3 is 20.3 Å². The minimum atomic E-state index is -0.239. The highest BCUT2D eigenvalue weighted by Gasteiger charge is 2.17. The molecule has 0 radical (unpaired) electrons. The standard InChI is InChI=1S/C22H23N5O3S2/c28-19(15-31-22-26-25-21(32-22)27-10-12-30-13-11-27)24-18-9-5-4-8-17(18)20(29)23-14-16-6-2-1-3-7-16/h1-9H,10-15H2,(H,23,29)(H,24,28). The van der Waals surface area contributed by atoms with Crippen LogP contribution in [0.3, 0.4) is 0 Å². The molecule has 4 rings (SSSR count). The molecule has 1 aliphatic rings. The van der Waals surface area contributed by atoms with Crippen LogP contribution in [0, 0.1) is 0 Å². The molecule has 0 aliphatic carbocycles. The van der Waals surface area contributed by atoms with Crippen molar-refractivity contribution in [3.63, 3.8) is 0 Å². The van der Waals surface area contributed by atoms with Gasteiger partial charge in [0.25, 0.3) is 5.91 Å². The lowest BCUT2D eigenvalue weighted by molar-refractivity contribution is -0.113. The summed E-state index contributed by atoms with van der Waals surface area (Å²) >= 11 is 2.80. The fourth-order valence-corrected chi connectivity index (χ4v) is 4.81. The van der Waals surface area contributed by atoms with Gasteiger partial charge in [0, 0.05) is 19.6 Å². The van der Waals surface area contributed by atoms with Crippen LogP contribution in [0.15, 0.2) is 58.9 Å². The Morgan fingerprint density at radius 3 is 2.59 bits per heavy atom. The number of thioether (sulfide) groups is 1. The molecule has 32 heavy (non-hydrogen) atoms. The van der Waals surface area contributed by atoms with Crippen LogP contribution in [0.25, 0.3) is 0 Å². The summed E-state index contributed by atoms with van der Waals surface area (Å²) in [7, 11) is 0. The van der Waals surface area contributed by atoms with E-state index in [1.165, 1.54) is 23.1 Å². The van der Waals surface area contributed by atoms with Gasteiger partial charge in [0.15, 0.2) is 4.34 Å². The van der Waals surface area contributed by atoms with Crippen molar-refractivity contribution >= 4 is 45.7 Å². The maximum Gasteiger partial charge on any atom is 0.253 e. The second-order valence-corrected chi connectivity index (χ2v) is 9.18. The van der Waals surface area contributed by atoms with E-state index in [1.54, 1.807) is 24.3 Å². The fraction of sp³-hybridized carbons (Fsp3) is 0.273. The number of hydrogen-bond acceptors (Lipinski definition) is 8. The Balaban J connectivity index is 1.30. The smallest absolute Gasteiger partial charge is 0.253 e. The van der Waals surface area contributed by atoms with Gasteiger partial charge in [-0.05, 0) is 17.7 Å². The van der Waals surface area contributed by atoms with E-state index in [2.05, 4.69) is 25.7 Å². The Labute approximate surface area is 194 Å². The fourth-order valence-electron chi connectivity index (χ4n) is 3.12. The maximum atomic E-state index is 12.7. The summed E-state index contributed by atoms with van der Waals surface area (Å²) in [6.07, 6.45) is 0. The molecule has 10 heteroatoms. The Bertz CT molecular complexity index is 1050. The Morgan fingerprint density at radius 1 is 1.03 bits per heavy atom. The highest BCUT2D eigenvalue weighted by atomic mass is 32.2. The normalized spacial score (nSPS) is 13.6. The number of benzene rings is 2. The van der Waals surface area contributed by atoms with E-state index in [1.807, 2.05) is 30.3 Å². The van der Waals surface area contributed by atoms with Crippen LogP contribution in [0.1, 0.15) is 15.9 Å². The number of anilines is 2. The predicted octanol–water partition coefficient (Wildman–Crippen LogP) is 3.04. The number of carbonyl (C=O) groups is 2. The topological polar surface area (TPSA) is 96.5 Å². The number of nitrogens with zero attached hydrogens (tertiary/aromatic N) is 3. The van der Waals surface area contributed by atoms with Crippen LogP contribution in [-0.2, 0) is 16.1 Å². The van der Waals surface area contributed by atoms with Gasteiger partial charge in [-0.25, -0.2) is 0 Å². The van der Waals surface area contributed by atoms with Gasteiger partial charge in [-0.1, -0.05) is 65.6 Å². The quantitative estimate of drug-likeness (QED) is 0.490. The molecule has 0 saturated carbocycles. The van der Waals surface area contributed by atoms with Crippen molar-refractivity contribution in [2.75, 3.05) is 42.3 Å². The van der Waals surface area contributed by atoms with Gasteiger partial charge in [-0.3, -0.25) is 9.59 Å². The van der Waals surface area contributed by atoms with Gasteiger partial charge >= 0.3 is 0 Å². The van der Waals surface area contributed by atoms with Crippen molar-refractivity contribution in [1.82, 2.24) is 15.5 Å². The number of ether oxygens (including phenoxy) is 1. The van der Waals surface area contributed by atoms with Crippen LogP contribution in [0.5, 0.6) is 0 Å². The molecule has 0 unspecified atom stereocenters. The van der Waals surface area contributed by atoms with Crippen LogP contribution < -0.4 is 15.5 Å². The number of carbonyl (C=O) groups excluding carboxylic acids is 2. The Morgan fingerprint density at radius 2 is 1.78 bits per heavy atom. The number of morpholine rings is 1. The van der Waals surface area contributed by atoms with Crippen LogP contribution in [-0.4, -0.2) is 54.1 Å². The third kappa shape index (κ3) is 6.06. The first kappa shape index (κ1) is 22.3. The lowest BCUT2D eigenvalue weighted by Gasteiger charge is -2.25. The Hall–Kier alpha value is -2.95. The van der Waals surface area contributed by atoms with E-state index >= 15 is 0 Å². The molecule has 2 N–H and O–H groups in total. The molecule has 8 nitrogen and oxygen atoms in total. The first-order chi connectivity index (χ1) is 15.7. The third-order valence-electron chi connectivity index (χ3n) is 4.75.